The predicted molar refractivity (Wildman–Crippen MR) is 101 cm³/mol. The van der Waals surface area contributed by atoms with Crippen molar-refractivity contribution in [2.24, 2.45) is 5.92 Å². The zero-order valence-electron chi connectivity index (χ0n) is 19.5. The number of esters is 1. The van der Waals surface area contributed by atoms with E-state index in [1.807, 2.05) is 0 Å². The number of hydrogen-bond acceptors (Lipinski definition) is 3. The molecule has 3 nitrogen and oxygen atoms in total. The molecule has 1 aromatic rings. The lowest BCUT2D eigenvalue weighted by Crippen LogP contribution is -2.70. The highest BCUT2D eigenvalue weighted by Crippen LogP contribution is 2.60. The summed E-state index contributed by atoms with van der Waals surface area (Å²) in [6.07, 6.45) is -13.7. The van der Waals surface area contributed by atoms with Gasteiger partial charge in [-0.2, -0.15) is 57.1 Å². The summed E-state index contributed by atoms with van der Waals surface area (Å²) in [7, 11) is 0. The Morgan fingerprint density at radius 1 is 0.784 bits per heavy atom. The number of rotatable bonds is 11. The Morgan fingerprint density at radius 2 is 1.22 bits per heavy atom. The van der Waals surface area contributed by atoms with Crippen LogP contribution in [0.4, 0.5) is 57.1 Å². The minimum Gasteiger partial charge on any atom is -0.465 e. The van der Waals surface area contributed by atoms with E-state index in [1.54, 1.807) is 13.8 Å². The number of halogens is 13. The third-order valence-corrected chi connectivity index (χ3v) is 5.43. The van der Waals surface area contributed by atoms with Gasteiger partial charge in [0.25, 0.3) is 0 Å². The van der Waals surface area contributed by atoms with E-state index in [4.69, 9.17) is 4.74 Å². The number of carbonyl (C=O) groups is 1. The second-order valence-electron chi connectivity index (χ2n) is 8.18. The Balaban J connectivity index is 3.25. The van der Waals surface area contributed by atoms with E-state index in [0.717, 1.165) is 0 Å². The lowest BCUT2D eigenvalue weighted by Gasteiger charge is -2.39. The second kappa shape index (κ2) is 10.4. The lowest BCUT2D eigenvalue weighted by molar-refractivity contribution is -0.456. The Kier molecular flexibility index (Phi) is 9.15. The van der Waals surface area contributed by atoms with E-state index in [0.29, 0.717) is 24.1 Å². The Labute approximate surface area is 201 Å². The molecule has 0 heterocycles. The van der Waals surface area contributed by atoms with Crippen molar-refractivity contribution in [3.63, 3.8) is 0 Å². The van der Waals surface area contributed by atoms with Crippen molar-refractivity contribution in [2.75, 3.05) is 6.61 Å². The molecule has 0 saturated heterocycles. The summed E-state index contributed by atoms with van der Waals surface area (Å²) >= 11 is 0. The molecular weight excluding hydrogens is 547 g/mol. The van der Waals surface area contributed by atoms with E-state index in [1.165, 1.54) is 13.8 Å². The van der Waals surface area contributed by atoms with Crippen molar-refractivity contribution in [3.05, 3.63) is 28.8 Å². The molecule has 0 aromatic heterocycles. The second-order valence-corrected chi connectivity index (χ2v) is 8.18. The van der Waals surface area contributed by atoms with E-state index < -0.39 is 53.6 Å². The number of aryl methyl sites for hydroxylation is 2. The first-order valence-corrected chi connectivity index (χ1v) is 10.3. The van der Waals surface area contributed by atoms with Gasteiger partial charge in [0.2, 0.25) is 0 Å². The first-order valence-electron chi connectivity index (χ1n) is 10.3. The van der Waals surface area contributed by atoms with Crippen molar-refractivity contribution in [1.82, 2.24) is 0 Å². The molecule has 1 rings (SSSR count). The van der Waals surface area contributed by atoms with Crippen molar-refractivity contribution in [3.8, 4) is 5.75 Å². The molecule has 0 spiro atoms. The van der Waals surface area contributed by atoms with Crippen molar-refractivity contribution in [1.29, 1.82) is 0 Å². The van der Waals surface area contributed by atoms with Crippen LogP contribution in [0.5, 0.6) is 5.75 Å². The molecule has 0 aliphatic rings. The Hall–Kier alpha value is -2.42. The molecule has 0 radical (unpaired) electrons. The van der Waals surface area contributed by atoms with Gasteiger partial charge in [0.05, 0.1) is 12.5 Å². The maximum absolute atomic E-state index is 14.0. The SMILES string of the molecule is CCC(C)C(=O)OCCc1c(C)cc(OC(F)(F)C(F)(F)C(F)(F)C(F)(F)C(F)(F)C(F)(F)F)cc1C. The fourth-order valence-electron chi connectivity index (χ4n) is 2.94. The molecule has 16 heteroatoms. The third-order valence-electron chi connectivity index (χ3n) is 5.43. The van der Waals surface area contributed by atoms with Crippen molar-refractivity contribution >= 4 is 5.97 Å². The molecule has 0 fully saturated rings. The van der Waals surface area contributed by atoms with Crippen LogP contribution in [0.25, 0.3) is 0 Å². The topological polar surface area (TPSA) is 35.5 Å². The molecule has 0 aliphatic carbocycles. The molecule has 0 amide bonds. The van der Waals surface area contributed by atoms with Crippen LogP contribution in [0.3, 0.4) is 0 Å². The number of hydrogen-bond donors (Lipinski definition) is 0. The zero-order valence-corrected chi connectivity index (χ0v) is 19.5. The van der Waals surface area contributed by atoms with E-state index in [2.05, 4.69) is 4.74 Å². The van der Waals surface area contributed by atoms with Gasteiger partial charge in [-0.05, 0) is 49.1 Å². The monoisotopic (exact) mass is 568 g/mol. The predicted octanol–water partition coefficient (Wildman–Crippen LogP) is 7.51. The van der Waals surface area contributed by atoms with E-state index in [9.17, 15) is 61.9 Å². The number of alkyl halides is 13. The average molecular weight is 568 g/mol. The molecular formula is C21H21F13O3. The van der Waals surface area contributed by atoms with Gasteiger partial charge >= 0.3 is 41.9 Å². The molecule has 0 bridgehead atoms. The summed E-state index contributed by atoms with van der Waals surface area (Å²) in [5, 5.41) is 0. The highest BCUT2D eigenvalue weighted by Gasteiger charge is 2.91. The molecule has 37 heavy (non-hydrogen) atoms. The van der Waals surface area contributed by atoms with Gasteiger partial charge in [-0.1, -0.05) is 13.8 Å². The van der Waals surface area contributed by atoms with Gasteiger partial charge in [0, 0.05) is 6.42 Å². The van der Waals surface area contributed by atoms with Crippen molar-refractivity contribution in [2.45, 2.75) is 76.5 Å². The van der Waals surface area contributed by atoms with Gasteiger partial charge in [-0.3, -0.25) is 4.79 Å². The number of benzene rings is 1. The third kappa shape index (κ3) is 5.86. The first kappa shape index (κ1) is 32.6. The minimum atomic E-state index is -8.00. The van der Waals surface area contributed by atoms with E-state index >= 15 is 0 Å². The van der Waals surface area contributed by atoms with Crippen LogP contribution in [0, 0.1) is 19.8 Å². The zero-order chi connectivity index (χ0) is 29.4. The molecule has 0 N–H and O–H groups in total. The quantitative estimate of drug-likeness (QED) is 0.205. The number of ether oxygens (including phenoxy) is 2. The molecule has 214 valence electrons. The van der Waals surface area contributed by atoms with Gasteiger partial charge < -0.3 is 9.47 Å². The van der Waals surface area contributed by atoms with Crippen LogP contribution in [0.2, 0.25) is 0 Å². The summed E-state index contributed by atoms with van der Waals surface area (Å²) in [6.45, 7) is 5.51. The Bertz CT molecular complexity index is 948. The fraction of sp³-hybridized carbons (Fsp3) is 0.667. The molecule has 0 saturated carbocycles. The smallest absolute Gasteiger partial charge is 0.465 e. The van der Waals surface area contributed by atoms with Crippen LogP contribution in [-0.2, 0) is 16.0 Å². The van der Waals surface area contributed by atoms with E-state index in [-0.39, 0.29) is 24.2 Å². The summed E-state index contributed by atoms with van der Waals surface area (Å²) in [6, 6.07) is 1.15. The lowest BCUT2D eigenvalue weighted by atomic mass is 9.97. The molecule has 1 aromatic carbocycles. The molecule has 1 atom stereocenters. The van der Waals surface area contributed by atoms with Gasteiger partial charge in [-0.25, -0.2) is 0 Å². The Morgan fingerprint density at radius 3 is 1.62 bits per heavy atom. The fourth-order valence-corrected chi connectivity index (χ4v) is 2.94. The van der Waals surface area contributed by atoms with Crippen LogP contribution in [-0.4, -0.2) is 48.6 Å². The maximum Gasteiger partial charge on any atom is 0.471 e. The van der Waals surface area contributed by atoms with Crippen LogP contribution in [0.15, 0.2) is 12.1 Å². The van der Waals surface area contributed by atoms with Crippen LogP contribution >= 0.6 is 0 Å². The maximum atomic E-state index is 14.0. The summed E-state index contributed by atoms with van der Waals surface area (Å²) in [5.74, 6) is -33.6. The van der Waals surface area contributed by atoms with Gasteiger partial charge in [0.15, 0.2) is 0 Å². The first-order chi connectivity index (χ1) is 16.4. The van der Waals surface area contributed by atoms with Crippen molar-refractivity contribution < 1.29 is 71.3 Å². The summed E-state index contributed by atoms with van der Waals surface area (Å²) in [5.41, 5.74) is 0.296. The highest BCUT2D eigenvalue weighted by molar-refractivity contribution is 5.71. The van der Waals surface area contributed by atoms with Crippen LogP contribution in [0.1, 0.15) is 37.0 Å². The van der Waals surface area contributed by atoms with Gasteiger partial charge in [0.1, 0.15) is 5.75 Å². The standard InChI is InChI=1S/C21H21F13O3/c1-5-10(2)15(35)36-7-6-14-11(3)8-13(9-12(14)4)37-21(33,34)19(28,29)17(24,25)16(22,23)18(26,27)20(30,31)32/h8-10H,5-7H2,1-4H3. The molecule has 0 aliphatic heterocycles. The van der Waals surface area contributed by atoms with Gasteiger partial charge in [-0.15, -0.1) is 0 Å². The average Bonchev–Trinajstić information content (AvgIpc) is 2.73. The summed E-state index contributed by atoms with van der Waals surface area (Å²) < 4.78 is 180. The summed E-state index contributed by atoms with van der Waals surface area (Å²) in [4.78, 5) is 11.7. The molecule has 1 unspecified atom stereocenters. The number of carbonyl (C=O) groups excluding carboxylic acids is 1. The highest BCUT2D eigenvalue weighted by atomic mass is 19.4. The van der Waals surface area contributed by atoms with Crippen LogP contribution < -0.4 is 4.74 Å². The normalized spacial score (nSPS) is 14.9. The largest absolute Gasteiger partial charge is 0.471 e. The minimum absolute atomic E-state index is 0.00519.